The number of hydrogen-bond donors (Lipinski definition) is 1. The van der Waals surface area contributed by atoms with E-state index in [-0.39, 0.29) is 0 Å². The number of rotatable bonds is 2. The Morgan fingerprint density at radius 1 is 1.25 bits per heavy atom. The minimum Gasteiger partial charge on any atom is -0.481 e. The van der Waals surface area contributed by atoms with Crippen molar-refractivity contribution in [3.05, 3.63) is 35.5 Å². The van der Waals surface area contributed by atoms with Crippen LogP contribution in [0.2, 0.25) is 0 Å². The SMILES string of the molecule is Cn1cc(C(C)(C)C(=O)O)c2ccc(C(F)(F)F)cc21. The molecule has 0 amide bonds. The van der Waals surface area contributed by atoms with Crippen LogP contribution in [-0.2, 0) is 23.4 Å². The van der Waals surface area contributed by atoms with E-state index in [1.165, 1.54) is 24.5 Å². The summed E-state index contributed by atoms with van der Waals surface area (Å²) in [6.07, 6.45) is -2.85. The van der Waals surface area contributed by atoms with Gasteiger partial charge >= 0.3 is 12.1 Å². The molecule has 6 heteroatoms. The summed E-state index contributed by atoms with van der Waals surface area (Å²) in [7, 11) is 1.60. The quantitative estimate of drug-likeness (QED) is 0.916. The number of aryl methyl sites for hydroxylation is 1. The first-order valence-corrected chi connectivity index (χ1v) is 5.95. The van der Waals surface area contributed by atoms with E-state index >= 15 is 0 Å². The molecule has 0 unspecified atom stereocenters. The number of carbonyl (C=O) groups is 1. The van der Waals surface area contributed by atoms with Crippen molar-refractivity contribution in [2.24, 2.45) is 7.05 Å². The maximum Gasteiger partial charge on any atom is 0.416 e. The first kappa shape index (κ1) is 14.4. The molecule has 0 aliphatic rings. The van der Waals surface area contributed by atoms with E-state index in [0.29, 0.717) is 16.5 Å². The summed E-state index contributed by atoms with van der Waals surface area (Å²) < 4.78 is 39.7. The molecule has 0 saturated carbocycles. The van der Waals surface area contributed by atoms with E-state index < -0.39 is 23.1 Å². The van der Waals surface area contributed by atoms with Gasteiger partial charge in [0, 0.05) is 24.1 Å². The third kappa shape index (κ3) is 2.15. The van der Waals surface area contributed by atoms with Crippen LogP contribution in [0.25, 0.3) is 10.9 Å². The van der Waals surface area contributed by atoms with E-state index in [9.17, 15) is 23.1 Å². The Morgan fingerprint density at radius 3 is 2.35 bits per heavy atom. The van der Waals surface area contributed by atoms with Crippen LogP contribution in [0.5, 0.6) is 0 Å². The molecule has 3 nitrogen and oxygen atoms in total. The molecule has 1 N–H and O–H groups in total. The molecule has 0 fully saturated rings. The van der Waals surface area contributed by atoms with Gasteiger partial charge in [-0.15, -0.1) is 0 Å². The van der Waals surface area contributed by atoms with Gasteiger partial charge < -0.3 is 9.67 Å². The highest BCUT2D eigenvalue weighted by molar-refractivity contribution is 5.92. The average molecular weight is 285 g/mol. The lowest BCUT2D eigenvalue weighted by Gasteiger charge is -2.18. The number of carboxylic acids is 1. The summed E-state index contributed by atoms with van der Waals surface area (Å²) in [5, 5.41) is 9.78. The molecule has 0 spiro atoms. The Hall–Kier alpha value is -1.98. The summed E-state index contributed by atoms with van der Waals surface area (Å²) >= 11 is 0. The fourth-order valence-corrected chi connectivity index (χ4v) is 2.17. The third-order valence-electron chi connectivity index (χ3n) is 3.53. The van der Waals surface area contributed by atoms with Crippen molar-refractivity contribution in [1.82, 2.24) is 4.57 Å². The van der Waals surface area contributed by atoms with E-state index in [4.69, 9.17) is 0 Å². The maximum atomic E-state index is 12.7. The smallest absolute Gasteiger partial charge is 0.416 e. The Morgan fingerprint density at radius 2 is 1.85 bits per heavy atom. The zero-order valence-electron chi connectivity index (χ0n) is 11.2. The number of halogens is 3. The van der Waals surface area contributed by atoms with Gasteiger partial charge in [0.1, 0.15) is 0 Å². The zero-order chi connectivity index (χ0) is 15.3. The lowest BCUT2D eigenvalue weighted by atomic mass is 9.84. The van der Waals surface area contributed by atoms with Crippen LogP contribution < -0.4 is 0 Å². The van der Waals surface area contributed by atoms with Gasteiger partial charge in [0.25, 0.3) is 0 Å². The summed E-state index contributed by atoms with van der Waals surface area (Å²) in [5.41, 5.74) is -1.05. The Labute approximate surface area is 113 Å². The molecule has 1 aromatic heterocycles. The molecule has 2 aromatic rings. The molecule has 0 saturated heterocycles. The molecule has 0 radical (unpaired) electrons. The molecule has 2 rings (SSSR count). The van der Waals surface area contributed by atoms with Crippen molar-refractivity contribution >= 4 is 16.9 Å². The van der Waals surface area contributed by atoms with Gasteiger partial charge in [0.15, 0.2) is 0 Å². The summed E-state index contributed by atoms with van der Waals surface area (Å²) in [5.74, 6) is -1.02. The number of aliphatic carboxylic acids is 1. The lowest BCUT2D eigenvalue weighted by Crippen LogP contribution is -2.28. The Balaban J connectivity index is 2.71. The van der Waals surface area contributed by atoms with Crippen LogP contribution >= 0.6 is 0 Å². The minimum absolute atomic E-state index is 0.365. The molecule has 1 heterocycles. The standard InChI is InChI=1S/C14H14F3NO2/c1-13(2,12(19)20)10-7-18(3)11-6-8(14(15,16)17)4-5-9(10)11/h4-7H,1-3H3,(H,19,20). The lowest BCUT2D eigenvalue weighted by molar-refractivity contribution is -0.142. The number of benzene rings is 1. The van der Waals surface area contributed by atoms with Crippen molar-refractivity contribution in [1.29, 1.82) is 0 Å². The van der Waals surface area contributed by atoms with E-state index in [0.717, 1.165) is 12.1 Å². The molecule has 0 aliphatic heterocycles. The molecule has 0 aliphatic carbocycles. The molecular formula is C14H14F3NO2. The number of aromatic nitrogens is 1. The van der Waals surface area contributed by atoms with Crippen molar-refractivity contribution < 1.29 is 23.1 Å². The predicted molar refractivity (Wildman–Crippen MR) is 68.6 cm³/mol. The molecule has 0 atom stereocenters. The van der Waals surface area contributed by atoms with Gasteiger partial charge in [0.2, 0.25) is 0 Å². The van der Waals surface area contributed by atoms with E-state index in [1.807, 2.05) is 0 Å². The zero-order valence-corrected chi connectivity index (χ0v) is 11.2. The molecule has 0 bridgehead atoms. The Bertz CT molecular complexity index is 684. The van der Waals surface area contributed by atoms with Gasteiger partial charge in [0.05, 0.1) is 11.0 Å². The van der Waals surface area contributed by atoms with Gasteiger partial charge in [-0.05, 0) is 31.5 Å². The van der Waals surface area contributed by atoms with Crippen molar-refractivity contribution in [2.45, 2.75) is 25.4 Å². The fraction of sp³-hybridized carbons (Fsp3) is 0.357. The van der Waals surface area contributed by atoms with Crippen LogP contribution in [0, 0.1) is 0 Å². The highest BCUT2D eigenvalue weighted by Gasteiger charge is 2.34. The molecule has 20 heavy (non-hydrogen) atoms. The molecular weight excluding hydrogens is 271 g/mol. The minimum atomic E-state index is -4.42. The Kier molecular flexibility index (Phi) is 3.07. The number of hydrogen-bond acceptors (Lipinski definition) is 1. The van der Waals surface area contributed by atoms with Crippen LogP contribution in [0.15, 0.2) is 24.4 Å². The highest BCUT2D eigenvalue weighted by Crippen LogP contribution is 2.36. The maximum absolute atomic E-state index is 12.7. The monoisotopic (exact) mass is 285 g/mol. The van der Waals surface area contributed by atoms with E-state index in [1.54, 1.807) is 13.2 Å². The average Bonchev–Trinajstić information content (AvgIpc) is 2.66. The second kappa shape index (κ2) is 4.26. The van der Waals surface area contributed by atoms with Crippen molar-refractivity contribution in [3.63, 3.8) is 0 Å². The topological polar surface area (TPSA) is 42.2 Å². The number of nitrogens with zero attached hydrogens (tertiary/aromatic N) is 1. The normalized spacial score (nSPS) is 12.9. The molecule has 108 valence electrons. The van der Waals surface area contributed by atoms with Gasteiger partial charge in [-0.25, -0.2) is 0 Å². The first-order valence-electron chi connectivity index (χ1n) is 5.95. The van der Waals surface area contributed by atoms with Crippen LogP contribution in [0.3, 0.4) is 0 Å². The van der Waals surface area contributed by atoms with Crippen molar-refractivity contribution in [2.75, 3.05) is 0 Å². The van der Waals surface area contributed by atoms with Crippen molar-refractivity contribution in [3.8, 4) is 0 Å². The first-order chi connectivity index (χ1) is 9.05. The predicted octanol–water partition coefficient (Wildman–Crippen LogP) is 3.56. The van der Waals surface area contributed by atoms with Crippen LogP contribution in [-0.4, -0.2) is 15.6 Å². The summed E-state index contributed by atoms with van der Waals surface area (Å²) in [6.45, 7) is 3.06. The third-order valence-corrected chi connectivity index (χ3v) is 3.53. The van der Waals surface area contributed by atoms with Crippen LogP contribution in [0.4, 0.5) is 13.2 Å². The number of alkyl halides is 3. The second-order valence-corrected chi connectivity index (χ2v) is 5.31. The molecule has 1 aromatic carbocycles. The number of carboxylic acid groups (broad SMARTS) is 1. The summed E-state index contributed by atoms with van der Waals surface area (Å²) in [6, 6.07) is 3.35. The van der Waals surface area contributed by atoms with Crippen LogP contribution in [0.1, 0.15) is 25.0 Å². The van der Waals surface area contributed by atoms with E-state index in [2.05, 4.69) is 0 Å². The second-order valence-electron chi connectivity index (χ2n) is 5.31. The summed E-state index contributed by atoms with van der Waals surface area (Å²) in [4.78, 5) is 11.3. The fourth-order valence-electron chi connectivity index (χ4n) is 2.17. The van der Waals surface area contributed by atoms with Gasteiger partial charge in [-0.3, -0.25) is 4.79 Å². The van der Waals surface area contributed by atoms with Gasteiger partial charge in [-0.1, -0.05) is 6.07 Å². The van der Waals surface area contributed by atoms with Gasteiger partial charge in [-0.2, -0.15) is 13.2 Å². The highest BCUT2D eigenvalue weighted by atomic mass is 19.4. The largest absolute Gasteiger partial charge is 0.481 e. The number of fused-ring (bicyclic) bond motifs is 1.